The van der Waals surface area contributed by atoms with Gasteiger partial charge in [-0.3, -0.25) is 0 Å². The van der Waals surface area contributed by atoms with Gasteiger partial charge in [-0.15, -0.1) is 0 Å². The number of halogens is 3. The van der Waals surface area contributed by atoms with Crippen molar-refractivity contribution in [3.05, 3.63) is 0 Å². The van der Waals surface area contributed by atoms with Crippen LogP contribution in [0.25, 0.3) is 0 Å². The minimum atomic E-state index is -4.76. The number of aliphatic hydroxyl groups is 1. The number of alkyl halides is 3. The molecule has 0 saturated carbocycles. The highest BCUT2D eigenvalue weighted by atomic mass is 32.2. The minimum absolute atomic E-state index is 0.143. The summed E-state index contributed by atoms with van der Waals surface area (Å²) in [6.07, 6.45) is -7.47. The molecule has 0 aromatic heterocycles. The zero-order valence-electron chi connectivity index (χ0n) is 8.37. The van der Waals surface area contributed by atoms with Crippen LogP contribution in [0, 0.1) is 5.92 Å². The highest BCUT2D eigenvalue weighted by molar-refractivity contribution is 7.93. The standard InChI is InChI=1S/C8H13F3O3S/c1-7(2)5(3-4-15(7,13)14)6(12)8(9,10)11/h5-6,12H,3-4H2,1-2H3. The summed E-state index contributed by atoms with van der Waals surface area (Å²) in [6, 6.07) is 0. The van der Waals surface area contributed by atoms with E-state index in [1.807, 2.05) is 0 Å². The van der Waals surface area contributed by atoms with Gasteiger partial charge in [-0.05, 0) is 20.3 Å². The van der Waals surface area contributed by atoms with E-state index in [0.29, 0.717) is 0 Å². The molecule has 0 amide bonds. The van der Waals surface area contributed by atoms with Crippen molar-refractivity contribution < 1.29 is 26.7 Å². The SMILES string of the molecule is CC1(C)C(C(O)C(F)(F)F)CCS1(=O)=O. The lowest BCUT2D eigenvalue weighted by Crippen LogP contribution is -2.46. The van der Waals surface area contributed by atoms with Crippen LogP contribution >= 0.6 is 0 Å². The monoisotopic (exact) mass is 246 g/mol. The van der Waals surface area contributed by atoms with Gasteiger partial charge in [0.15, 0.2) is 15.9 Å². The molecule has 1 fully saturated rings. The molecule has 15 heavy (non-hydrogen) atoms. The molecule has 1 heterocycles. The third-order valence-electron chi connectivity index (χ3n) is 3.11. The van der Waals surface area contributed by atoms with Gasteiger partial charge < -0.3 is 5.11 Å². The zero-order valence-corrected chi connectivity index (χ0v) is 9.19. The van der Waals surface area contributed by atoms with Gasteiger partial charge in [-0.2, -0.15) is 13.2 Å². The predicted molar refractivity (Wildman–Crippen MR) is 48.0 cm³/mol. The molecule has 7 heteroatoms. The molecule has 0 aromatic carbocycles. The van der Waals surface area contributed by atoms with Gasteiger partial charge in [0.05, 0.1) is 10.5 Å². The molecule has 0 radical (unpaired) electrons. The van der Waals surface area contributed by atoms with Gasteiger partial charge in [0.25, 0.3) is 0 Å². The average molecular weight is 246 g/mol. The van der Waals surface area contributed by atoms with E-state index in [0.717, 1.165) is 0 Å². The maximum absolute atomic E-state index is 12.3. The Morgan fingerprint density at radius 3 is 2.13 bits per heavy atom. The van der Waals surface area contributed by atoms with E-state index in [-0.39, 0.29) is 12.2 Å². The Balaban J connectivity index is 3.02. The van der Waals surface area contributed by atoms with Crippen molar-refractivity contribution in [3.8, 4) is 0 Å². The lowest BCUT2D eigenvalue weighted by molar-refractivity contribution is -0.221. The quantitative estimate of drug-likeness (QED) is 0.754. The summed E-state index contributed by atoms with van der Waals surface area (Å²) in [5, 5.41) is 9.06. The molecular weight excluding hydrogens is 233 g/mol. The van der Waals surface area contributed by atoms with Crippen LogP contribution in [-0.2, 0) is 9.84 Å². The molecule has 3 nitrogen and oxygen atoms in total. The van der Waals surface area contributed by atoms with Crippen molar-refractivity contribution in [1.82, 2.24) is 0 Å². The number of sulfone groups is 1. The van der Waals surface area contributed by atoms with E-state index in [1.54, 1.807) is 0 Å². The van der Waals surface area contributed by atoms with E-state index >= 15 is 0 Å². The summed E-state index contributed by atoms with van der Waals surface area (Å²) >= 11 is 0. The van der Waals surface area contributed by atoms with E-state index in [4.69, 9.17) is 5.11 Å². The first-order valence-corrected chi connectivity index (χ1v) is 6.12. The van der Waals surface area contributed by atoms with Crippen LogP contribution in [0.4, 0.5) is 13.2 Å². The van der Waals surface area contributed by atoms with Gasteiger partial charge in [0.1, 0.15) is 0 Å². The molecule has 0 aliphatic carbocycles. The summed E-state index contributed by atoms with van der Waals surface area (Å²) in [4.78, 5) is 0. The van der Waals surface area contributed by atoms with Crippen molar-refractivity contribution in [2.75, 3.05) is 5.75 Å². The molecule has 1 saturated heterocycles. The Labute approximate surface area is 86.2 Å². The van der Waals surface area contributed by atoms with Crippen LogP contribution in [-0.4, -0.2) is 36.3 Å². The third-order valence-corrected chi connectivity index (χ3v) is 5.79. The molecule has 1 aliphatic heterocycles. The van der Waals surface area contributed by atoms with Crippen LogP contribution in [0.1, 0.15) is 20.3 Å². The number of hydrogen-bond donors (Lipinski definition) is 1. The first-order chi connectivity index (χ1) is 6.50. The molecule has 0 bridgehead atoms. The smallest absolute Gasteiger partial charge is 0.383 e. The molecule has 90 valence electrons. The number of hydrogen-bond acceptors (Lipinski definition) is 3. The van der Waals surface area contributed by atoms with E-state index in [9.17, 15) is 21.6 Å². The highest BCUT2D eigenvalue weighted by Gasteiger charge is 2.56. The van der Waals surface area contributed by atoms with Crippen LogP contribution in [0.3, 0.4) is 0 Å². The topological polar surface area (TPSA) is 54.4 Å². The van der Waals surface area contributed by atoms with Crippen molar-refractivity contribution in [1.29, 1.82) is 0 Å². The average Bonchev–Trinajstić information content (AvgIpc) is 2.20. The Bertz CT molecular complexity index is 345. The first-order valence-electron chi connectivity index (χ1n) is 4.47. The van der Waals surface area contributed by atoms with Crippen molar-refractivity contribution in [2.45, 2.75) is 37.3 Å². The normalized spacial score (nSPS) is 31.5. The van der Waals surface area contributed by atoms with Gasteiger partial charge in [-0.1, -0.05) is 0 Å². The molecule has 1 aliphatic rings. The second-order valence-electron chi connectivity index (χ2n) is 4.30. The van der Waals surface area contributed by atoms with Crippen molar-refractivity contribution in [3.63, 3.8) is 0 Å². The lowest BCUT2D eigenvalue weighted by Gasteiger charge is -2.30. The van der Waals surface area contributed by atoms with Gasteiger partial charge in [-0.25, -0.2) is 8.42 Å². The molecule has 2 unspecified atom stereocenters. The van der Waals surface area contributed by atoms with Crippen molar-refractivity contribution in [2.24, 2.45) is 5.92 Å². The van der Waals surface area contributed by atoms with E-state index in [2.05, 4.69) is 0 Å². The third kappa shape index (κ3) is 1.99. The molecule has 2 atom stereocenters. The Hall–Kier alpha value is -0.300. The Kier molecular flexibility index (Phi) is 2.85. The van der Waals surface area contributed by atoms with Crippen LogP contribution in [0.15, 0.2) is 0 Å². The molecular formula is C8H13F3O3S. The van der Waals surface area contributed by atoms with Crippen LogP contribution in [0.5, 0.6) is 0 Å². The van der Waals surface area contributed by atoms with Gasteiger partial charge >= 0.3 is 6.18 Å². The van der Waals surface area contributed by atoms with Gasteiger partial charge in [0.2, 0.25) is 0 Å². The summed E-state index contributed by atoms with van der Waals surface area (Å²) in [6.45, 7) is 2.46. The number of aliphatic hydroxyl groups excluding tert-OH is 1. The summed E-state index contributed by atoms with van der Waals surface area (Å²) in [7, 11) is -3.54. The fourth-order valence-corrected chi connectivity index (χ4v) is 3.69. The van der Waals surface area contributed by atoms with Crippen LogP contribution in [0.2, 0.25) is 0 Å². The Morgan fingerprint density at radius 1 is 1.40 bits per heavy atom. The first kappa shape index (κ1) is 12.8. The molecule has 1 N–H and O–H groups in total. The maximum atomic E-state index is 12.3. The highest BCUT2D eigenvalue weighted by Crippen LogP contribution is 2.43. The zero-order chi connectivity index (χ0) is 12.1. The fraction of sp³-hybridized carbons (Fsp3) is 1.00. The number of rotatable bonds is 1. The molecule has 0 aromatic rings. The molecule has 0 spiro atoms. The maximum Gasteiger partial charge on any atom is 0.414 e. The molecule has 1 rings (SSSR count). The summed E-state index contributed by atoms with van der Waals surface area (Å²) in [5.41, 5.74) is 0. The van der Waals surface area contributed by atoms with Crippen LogP contribution < -0.4 is 0 Å². The second-order valence-corrected chi connectivity index (χ2v) is 6.99. The van der Waals surface area contributed by atoms with Crippen molar-refractivity contribution >= 4 is 9.84 Å². The van der Waals surface area contributed by atoms with Gasteiger partial charge in [0, 0.05) is 5.92 Å². The summed E-state index contributed by atoms with van der Waals surface area (Å²) in [5.74, 6) is -1.57. The lowest BCUT2D eigenvalue weighted by atomic mass is 9.87. The fourth-order valence-electron chi connectivity index (χ4n) is 1.89. The minimum Gasteiger partial charge on any atom is -0.383 e. The Morgan fingerprint density at radius 2 is 1.87 bits per heavy atom. The van der Waals surface area contributed by atoms with E-state index < -0.39 is 32.8 Å². The largest absolute Gasteiger partial charge is 0.414 e. The van der Waals surface area contributed by atoms with E-state index in [1.165, 1.54) is 13.8 Å². The summed E-state index contributed by atoms with van der Waals surface area (Å²) < 4.78 is 58.1. The predicted octanol–water partition coefficient (Wildman–Crippen LogP) is 1.12. The second kappa shape index (κ2) is 3.35.